The smallest absolute Gasteiger partial charge is 0.308 e. The molecule has 1 aromatic rings. The Hall–Kier alpha value is -1.93. The Kier molecular flexibility index (Phi) is 6.92. The summed E-state index contributed by atoms with van der Waals surface area (Å²) in [6, 6.07) is 5.69. The fourth-order valence-electron chi connectivity index (χ4n) is 2.27. The van der Waals surface area contributed by atoms with Gasteiger partial charge in [0.1, 0.15) is 0 Å². The Bertz CT molecular complexity index is 681. The first-order valence-corrected chi connectivity index (χ1v) is 9.17. The highest BCUT2D eigenvalue weighted by Gasteiger charge is 2.23. The fraction of sp³-hybridized carbons (Fsp3) is 0.500. The van der Waals surface area contributed by atoms with E-state index in [1.807, 2.05) is 0 Å². The van der Waals surface area contributed by atoms with Gasteiger partial charge in [0.25, 0.3) is 5.91 Å². The van der Waals surface area contributed by atoms with E-state index in [-0.39, 0.29) is 17.3 Å². The first-order valence-electron chi connectivity index (χ1n) is 7.73. The van der Waals surface area contributed by atoms with E-state index < -0.39 is 21.9 Å². The number of hydrogen-bond acceptors (Lipinski definition) is 4. The molecule has 134 valence electrons. The van der Waals surface area contributed by atoms with Gasteiger partial charge in [0.2, 0.25) is 10.0 Å². The minimum atomic E-state index is -3.56. The predicted octanol–water partition coefficient (Wildman–Crippen LogP) is 1.51. The van der Waals surface area contributed by atoms with Crippen LogP contribution in [0.4, 0.5) is 0 Å². The van der Waals surface area contributed by atoms with Gasteiger partial charge in [-0.05, 0) is 24.3 Å². The number of amides is 1. The highest BCUT2D eigenvalue weighted by Crippen LogP contribution is 2.17. The highest BCUT2D eigenvalue weighted by molar-refractivity contribution is 7.89. The molecule has 24 heavy (non-hydrogen) atoms. The first-order chi connectivity index (χ1) is 11.1. The second-order valence-electron chi connectivity index (χ2n) is 5.54. The number of benzene rings is 1. The molecule has 0 fully saturated rings. The van der Waals surface area contributed by atoms with Crippen LogP contribution in [0.15, 0.2) is 29.2 Å². The average Bonchev–Trinajstić information content (AvgIpc) is 2.54. The van der Waals surface area contributed by atoms with E-state index in [2.05, 4.69) is 0 Å². The van der Waals surface area contributed by atoms with Crippen molar-refractivity contribution in [2.75, 3.05) is 26.7 Å². The molecule has 0 bridgehead atoms. The van der Waals surface area contributed by atoms with Gasteiger partial charge in [0, 0.05) is 32.2 Å². The molecule has 7 nitrogen and oxygen atoms in total. The second kappa shape index (κ2) is 8.25. The van der Waals surface area contributed by atoms with E-state index in [0.29, 0.717) is 18.7 Å². The van der Waals surface area contributed by atoms with Crippen molar-refractivity contribution in [1.82, 2.24) is 9.21 Å². The van der Waals surface area contributed by atoms with Crippen LogP contribution < -0.4 is 0 Å². The Balaban J connectivity index is 2.95. The first kappa shape index (κ1) is 20.1. The van der Waals surface area contributed by atoms with Crippen LogP contribution in [-0.4, -0.2) is 61.3 Å². The van der Waals surface area contributed by atoms with Gasteiger partial charge in [-0.3, -0.25) is 9.59 Å². The maximum atomic E-state index is 12.4. The highest BCUT2D eigenvalue weighted by atomic mass is 32.2. The molecule has 0 aromatic heterocycles. The molecule has 0 saturated heterocycles. The lowest BCUT2D eigenvalue weighted by Gasteiger charge is -2.20. The molecule has 0 saturated carbocycles. The maximum absolute atomic E-state index is 12.4. The summed E-state index contributed by atoms with van der Waals surface area (Å²) >= 11 is 0. The van der Waals surface area contributed by atoms with Crippen molar-refractivity contribution in [3.63, 3.8) is 0 Å². The maximum Gasteiger partial charge on any atom is 0.308 e. The average molecular weight is 356 g/mol. The van der Waals surface area contributed by atoms with Gasteiger partial charge in [0.15, 0.2) is 0 Å². The van der Waals surface area contributed by atoms with Crippen molar-refractivity contribution in [1.29, 1.82) is 0 Å². The number of rotatable bonds is 8. The molecule has 0 aliphatic carbocycles. The molecule has 0 radical (unpaired) electrons. The van der Waals surface area contributed by atoms with Crippen molar-refractivity contribution in [3.8, 4) is 0 Å². The van der Waals surface area contributed by atoms with Crippen LogP contribution >= 0.6 is 0 Å². The van der Waals surface area contributed by atoms with Gasteiger partial charge in [-0.15, -0.1) is 0 Å². The van der Waals surface area contributed by atoms with E-state index in [1.54, 1.807) is 13.8 Å². The number of carbonyl (C=O) groups excluding carboxylic acids is 1. The van der Waals surface area contributed by atoms with Crippen LogP contribution in [0.1, 0.15) is 31.1 Å². The normalized spacial score (nSPS) is 12.9. The van der Waals surface area contributed by atoms with Gasteiger partial charge in [0.05, 0.1) is 10.8 Å². The lowest BCUT2D eigenvalue weighted by molar-refractivity contribution is -0.141. The molecule has 0 aliphatic heterocycles. The van der Waals surface area contributed by atoms with Crippen LogP contribution in [0.5, 0.6) is 0 Å². The molecule has 1 rings (SSSR count). The van der Waals surface area contributed by atoms with Crippen LogP contribution in [0.3, 0.4) is 0 Å². The summed E-state index contributed by atoms with van der Waals surface area (Å²) in [4.78, 5) is 24.6. The second-order valence-corrected chi connectivity index (χ2v) is 7.48. The number of sulfonamides is 1. The summed E-state index contributed by atoms with van der Waals surface area (Å²) in [5, 5.41) is 8.90. The number of nitrogens with zero attached hydrogens (tertiary/aromatic N) is 2. The summed E-state index contributed by atoms with van der Waals surface area (Å²) in [7, 11) is -2.05. The van der Waals surface area contributed by atoms with Crippen LogP contribution in [0.2, 0.25) is 0 Å². The van der Waals surface area contributed by atoms with Crippen LogP contribution in [0, 0.1) is 5.92 Å². The lowest BCUT2D eigenvalue weighted by atomic mass is 10.1. The fourth-order valence-corrected chi connectivity index (χ4v) is 3.73. The zero-order valence-corrected chi connectivity index (χ0v) is 15.2. The number of carboxylic acids is 1. The molecule has 1 amide bonds. The summed E-state index contributed by atoms with van der Waals surface area (Å²) in [5.41, 5.74) is 0.314. The molecular formula is C16H24N2O5S. The summed E-state index contributed by atoms with van der Waals surface area (Å²) in [6.07, 6.45) is 0. The van der Waals surface area contributed by atoms with E-state index >= 15 is 0 Å². The summed E-state index contributed by atoms with van der Waals surface area (Å²) in [6.45, 7) is 5.86. The quantitative estimate of drug-likeness (QED) is 0.762. The van der Waals surface area contributed by atoms with Crippen molar-refractivity contribution in [2.45, 2.75) is 25.7 Å². The molecule has 0 heterocycles. The van der Waals surface area contributed by atoms with E-state index in [1.165, 1.54) is 47.4 Å². The minimum absolute atomic E-state index is 0.0770. The molecule has 1 atom stereocenters. The van der Waals surface area contributed by atoms with Gasteiger partial charge >= 0.3 is 5.97 Å². The third kappa shape index (κ3) is 4.55. The zero-order chi connectivity index (χ0) is 18.5. The largest absolute Gasteiger partial charge is 0.481 e. The molecule has 0 aliphatic rings. The standard InChI is InChI=1S/C16H24N2O5S/c1-5-18(6-2)24(22,23)14-9-7-13(8-10-14)15(19)17(4)11-12(3)16(20)21/h7-10,12H,5-6,11H2,1-4H3,(H,20,21). The summed E-state index contributed by atoms with van der Waals surface area (Å²) < 4.78 is 26.1. The van der Waals surface area contributed by atoms with Gasteiger partial charge in [-0.1, -0.05) is 20.8 Å². The van der Waals surface area contributed by atoms with Gasteiger partial charge < -0.3 is 10.0 Å². The lowest BCUT2D eigenvalue weighted by Crippen LogP contribution is -2.33. The predicted molar refractivity (Wildman–Crippen MR) is 90.3 cm³/mol. The van der Waals surface area contributed by atoms with Crippen molar-refractivity contribution in [3.05, 3.63) is 29.8 Å². The van der Waals surface area contributed by atoms with Crippen LogP contribution in [0.25, 0.3) is 0 Å². The molecule has 1 unspecified atom stereocenters. The SMILES string of the molecule is CCN(CC)S(=O)(=O)c1ccc(C(=O)N(C)CC(C)C(=O)O)cc1. The van der Waals surface area contributed by atoms with E-state index in [9.17, 15) is 18.0 Å². The number of carboxylic acid groups (broad SMARTS) is 1. The number of carbonyl (C=O) groups is 2. The molecular weight excluding hydrogens is 332 g/mol. The van der Waals surface area contributed by atoms with E-state index in [4.69, 9.17) is 5.11 Å². The Morgan fingerprint density at radius 2 is 1.62 bits per heavy atom. The Morgan fingerprint density at radius 3 is 2.04 bits per heavy atom. The van der Waals surface area contributed by atoms with Crippen LogP contribution in [-0.2, 0) is 14.8 Å². The molecule has 1 N–H and O–H groups in total. The topological polar surface area (TPSA) is 95.0 Å². The van der Waals surface area contributed by atoms with Gasteiger partial charge in [-0.25, -0.2) is 8.42 Å². The number of aliphatic carboxylic acids is 1. The third-order valence-corrected chi connectivity index (χ3v) is 5.82. The Labute approximate surface area is 142 Å². The van der Waals surface area contributed by atoms with Gasteiger partial charge in [-0.2, -0.15) is 4.31 Å². The van der Waals surface area contributed by atoms with E-state index in [0.717, 1.165) is 0 Å². The van der Waals surface area contributed by atoms with Crippen molar-refractivity contribution >= 4 is 21.9 Å². The molecule has 8 heteroatoms. The third-order valence-electron chi connectivity index (χ3n) is 3.76. The molecule has 1 aromatic carbocycles. The monoisotopic (exact) mass is 356 g/mol. The Morgan fingerprint density at radius 1 is 1.12 bits per heavy atom. The molecule has 0 spiro atoms. The van der Waals surface area contributed by atoms with Crippen molar-refractivity contribution < 1.29 is 23.1 Å². The minimum Gasteiger partial charge on any atom is -0.481 e. The number of hydrogen-bond donors (Lipinski definition) is 1. The zero-order valence-electron chi connectivity index (χ0n) is 14.4. The summed E-state index contributed by atoms with van der Waals surface area (Å²) in [5.74, 6) is -2.01. The van der Waals surface area contributed by atoms with Crippen molar-refractivity contribution in [2.24, 2.45) is 5.92 Å².